The van der Waals surface area contributed by atoms with Crippen molar-refractivity contribution in [1.82, 2.24) is 4.98 Å². The van der Waals surface area contributed by atoms with Crippen molar-refractivity contribution in [2.45, 2.75) is 25.6 Å². The van der Waals surface area contributed by atoms with E-state index in [1.807, 2.05) is 42.6 Å². The van der Waals surface area contributed by atoms with Crippen molar-refractivity contribution in [2.75, 3.05) is 0 Å². The van der Waals surface area contributed by atoms with Crippen molar-refractivity contribution >= 4 is 33.5 Å². The molecule has 0 aliphatic heterocycles. The third-order valence-corrected chi connectivity index (χ3v) is 6.31. The molecule has 4 aromatic rings. The predicted molar refractivity (Wildman–Crippen MR) is 124 cm³/mol. The number of benzene rings is 2. The molecule has 0 radical (unpaired) electrons. The van der Waals surface area contributed by atoms with Crippen LogP contribution in [-0.4, -0.2) is 11.0 Å². The SMILES string of the molecule is CC(/C(=C/c1csc2ccccc12)C(=O)OCc1cccc(C(F)(F)F)c1)c1cccnc1. The molecule has 0 N–H and O–H groups in total. The van der Waals surface area contributed by atoms with E-state index in [-0.39, 0.29) is 18.1 Å². The molecular weight excluding hydrogens is 447 g/mol. The normalized spacial score (nSPS) is 13.2. The maximum Gasteiger partial charge on any atom is 0.416 e. The van der Waals surface area contributed by atoms with Gasteiger partial charge in [-0.05, 0) is 57.8 Å². The van der Waals surface area contributed by atoms with E-state index in [1.165, 1.54) is 12.1 Å². The van der Waals surface area contributed by atoms with Gasteiger partial charge < -0.3 is 4.74 Å². The molecule has 0 saturated carbocycles. The molecule has 2 aromatic heterocycles. The van der Waals surface area contributed by atoms with E-state index in [0.29, 0.717) is 5.57 Å². The van der Waals surface area contributed by atoms with Gasteiger partial charge in [0.05, 0.1) is 5.56 Å². The first-order valence-corrected chi connectivity index (χ1v) is 11.1. The van der Waals surface area contributed by atoms with Gasteiger partial charge in [0.1, 0.15) is 6.61 Å². The number of aromatic nitrogens is 1. The molecule has 0 amide bonds. The highest BCUT2D eigenvalue weighted by atomic mass is 32.1. The minimum atomic E-state index is -4.46. The van der Waals surface area contributed by atoms with Crippen LogP contribution in [-0.2, 0) is 22.3 Å². The van der Waals surface area contributed by atoms with Gasteiger partial charge in [0.15, 0.2) is 0 Å². The second kappa shape index (κ2) is 9.58. The average Bonchev–Trinajstić information content (AvgIpc) is 3.23. The first-order chi connectivity index (χ1) is 15.8. The lowest BCUT2D eigenvalue weighted by atomic mass is 9.92. The Labute approximate surface area is 193 Å². The monoisotopic (exact) mass is 467 g/mol. The number of ether oxygens (including phenoxy) is 1. The number of carbonyl (C=O) groups excluding carboxylic acids is 1. The number of thiophene rings is 1. The van der Waals surface area contributed by atoms with Crippen LogP contribution in [0, 0.1) is 0 Å². The Morgan fingerprint density at radius 3 is 2.70 bits per heavy atom. The molecule has 0 aliphatic rings. The number of carbonyl (C=O) groups is 1. The summed E-state index contributed by atoms with van der Waals surface area (Å²) in [5.41, 5.74) is 1.61. The second-order valence-electron chi connectivity index (χ2n) is 7.57. The molecule has 0 fully saturated rings. The van der Waals surface area contributed by atoms with Crippen LogP contribution in [0.2, 0.25) is 0 Å². The van der Waals surface area contributed by atoms with Gasteiger partial charge in [0, 0.05) is 28.6 Å². The quantitative estimate of drug-likeness (QED) is 0.222. The summed E-state index contributed by atoms with van der Waals surface area (Å²) < 4.78 is 45.6. The molecule has 168 valence electrons. The van der Waals surface area contributed by atoms with Crippen molar-refractivity contribution in [3.8, 4) is 0 Å². The highest BCUT2D eigenvalue weighted by Crippen LogP contribution is 2.32. The average molecular weight is 468 g/mol. The highest BCUT2D eigenvalue weighted by Gasteiger charge is 2.30. The van der Waals surface area contributed by atoms with E-state index < -0.39 is 17.7 Å². The molecule has 1 atom stereocenters. The number of esters is 1. The van der Waals surface area contributed by atoms with Gasteiger partial charge in [-0.3, -0.25) is 4.98 Å². The minimum absolute atomic E-state index is 0.260. The van der Waals surface area contributed by atoms with E-state index in [4.69, 9.17) is 4.74 Å². The number of rotatable bonds is 6. The number of alkyl halides is 3. The minimum Gasteiger partial charge on any atom is -0.457 e. The fourth-order valence-corrected chi connectivity index (χ4v) is 4.44. The largest absolute Gasteiger partial charge is 0.457 e. The molecule has 0 bridgehead atoms. The zero-order valence-electron chi connectivity index (χ0n) is 17.7. The Balaban J connectivity index is 1.64. The molecule has 2 aromatic carbocycles. The Bertz CT molecular complexity index is 1300. The van der Waals surface area contributed by atoms with Gasteiger partial charge >= 0.3 is 12.1 Å². The number of fused-ring (bicyclic) bond motifs is 1. The molecule has 4 rings (SSSR count). The van der Waals surface area contributed by atoms with Crippen molar-refractivity contribution in [2.24, 2.45) is 0 Å². The Hall–Kier alpha value is -3.45. The fourth-order valence-electron chi connectivity index (χ4n) is 3.52. The molecule has 2 heterocycles. The maximum absolute atomic E-state index is 13.1. The summed E-state index contributed by atoms with van der Waals surface area (Å²) >= 11 is 1.57. The number of nitrogens with zero attached hydrogens (tertiary/aromatic N) is 1. The maximum atomic E-state index is 13.1. The van der Waals surface area contributed by atoms with Gasteiger partial charge in [-0.15, -0.1) is 11.3 Å². The van der Waals surface area contributed by atoms with Crippen molar-refractivity contribution < 1.29 is 22.7 Å². The Kier molecular flexibility index (Phi) is 6.60. The second-order valence-corrected chi connectivity index (χ2v) is 8.48. The lowest BCUT2D eigenvalue weighted by Gasteiger charge is -2.16. The number of pyridine rings is 1. The van der Waals surface area contributed by atoms with Crippen LogP contribution in [0.15, 0.2) is 84.0 Å². The molecule has 3 nitrogen and oxygen atoms in total. The van der Waals surface area contributed by atoms with Crippen LogP contribution in [0.1, 0.15) is 35.1 Å². The van der Waals surface area contributed by atoms with Gasteiger partial charge in [-0.25, -0.2) is 4.79 Å². The standard InChI is InChI=1S/C26H20F3NO2S/c1-17(19-7-5-11-30-14-19)23(13-20-16-33-24-10-3-2-9-22(20)24)25(31)32-15-18-6-4-8-21(12-18)26(27,28)29/h2-14,16-17H,15H2,1H3/b23-13-. The highest BCUT2D eigenvalue weighted by molar-refractivity contribution is 7.17. The van der Waals surface area contributed by atoms with Crippen LogP contribution < -0.4 is 0 Å². The summed E-state index contributed by atoms with van der Waals surface area (Å²) in [4.78, 5) is 17.3. The molecule has 1 unspecified atom stereocenters. The fraction of sp³-hybridized carbons (Fsp3) is 0.154. The first-order valence-electron chi connectivity index (χ1n) is 10.2. The van der Waals surface area contributed by atoms with Gasteiger partial charge in [0.2, 0.25) is 0 Å². The third kappa shape index (κ3) is 5.31. The molecule has 7 heteroatoms. The topological polar surface area (TPSA) is 39.2 Å². The van der Waals surface area contributed by atoms with Crippen LogP contribution in [0.5, 0.6) is 0 Å². The zero-order valence-corrected chi connectivity index (χ0v) is 18.5. The van der Waals surface area contributed by atoms with Gasteiger partial charge in [-0.2, -0.15) is 13.2 Å². The number of hydrogen-bond donors (Lipinski definition) is 0. The summed E-state index contributed by atoms with van der Waals surface area (Å²) in [5.74, 6) is -0.912. The third-order valence-electron chi connectivity index (χ3n) is 5.33. The van der Waals surface area contributed by atoms with Crippen LogP contribution in [0.25, 0.3) is 16.2 Å². The summed E-state index contributed by atoms with van der Waals surface area (Å²) in [6.45, 7) is 1.62. The van der Waals surface area contributed by atoms with Crippen LogP contribution >= 0.6 is 11.3 Å². The number of halogens is 3. The molecule has 0 saturated heterocycles. The van der Waals surface area contributed by atoms with E-state index in [1.54, 1.807) is 35.9 Å². The first kappa shape index (κ1) is 22.7. The summed E-state index contributed by atoms with van der Waals surface area (Å²) in [6.07, 6.45) is 0.674. The van der Waals surface area contributed by atoms with Gasteiger partial charge in [-0.1, -0.05) is 43.3 Å². The predicted octanol–water partition coefficient (Wildman–Crippen LogP) is 7.25. The lowest BCUT2D eigenvalue weighted by molar-refractivity contribution is -0.140. The zero-order chi connectivity index (χ0) is 23.4. The smallest absolute Gasteiger partial charge is 0.416 e. The van der Waals surface area contributed by atoms with E-state index in [0.717, 1.165) is 33.3 Å². The van der Waals surface area contributed by atoms with Crippen molar-refractivity contribution in [3.63, 3.8) is 0 Å². The Morgan fingerprint density at radius 1 is 1.12 bits per heavy atom. The van der Waals surface area contributed by atoms with E-state index in [9.17, 15) is 18.0 Å². The van der Waals surface area contributed by atoms with E-state index in [2.05, 4.69) is 4.98 Å². The van der Waals surface area contributed by atoms with Gasteiger partial charge in [0.25, 0.3) is 0 Å². The number of hydrogen-bond acceptors (Lipinski definition) is 4. The van der Waals surface area contributed by atoms with Crippen LogP contribution in [0.3, 0.4) is 0 Å². The molecule has 0 spiro atoms. The van der Waals surface area contributed by atoms with Crippen LogP contribution in [0.4, 0.5) is 13.2 Å². The molecule has 33 heavy (non-hydrogen) atoms. The Morgan fingerprint density at radius 2 is 1.94 bits per heavy atom. The van der Waals surface area contributed by atoms with Crippen molar-refractivity contribution in [1.29, 1.82) is 0 Å². The lowest BCUT2D eigenvalue weighted by Crippen LogP contribution is -2.14. The van der Waals surface area contributed by atoms with Crippen molar-refractivity contribution in [3.05, 3.63) is 106 Å². The summed E-state index contributed by atoms with van der Waals surface area (Å²) in [7, 11) is 0. The summed E-state index contributed by atoms with van der Waals surface area (Å²) in [5, 5.41) is 2.99. The molecular formula is C26H20F3NO2S. The van der Waals surface area contributed by atoms with E-state index >= 15 is 0 Å². The molecule has 0 aliphatic carbocycles. The summed E-state index contributed by atoms with van der Waals surface area (Å²) in [6, 6.07) is 16.3.